The lowest BCUT2D eigenvalue weighted by molar-refractivity contribution is 0.0696. The van der Waals surface area contributed by atoms with Crippen LogP contribution in [0.3, 0.4) is 0 Å². The van der Waals surface area contributed by atoms with Gasteiger partial charge < -0.3 is 9.84 Å². The standard InChI is InChI=1S/C14H19NO5S/c1-10(9-20-2)21(18,19)15-6-5-11-7-12(14(16)17)3-4-13(11)8-15/h3-4,7,10H,5-6,8-9H2,1-2H3,(H,16,17). The van der Waals surface area contributed by atoms with Gasteiger partial charge in [0.2, 0.25) is 10.0 Å². The van der Waals surface area contributed by atoms with E-state index < -0.39 is 21.2 Å². The highest BCUT2D eigenvalue weighted by atomic mass is 32.2. The third kappa shape index (κ3) is 3.25. The molecular weight excluding hydrogens is 294 g/mol. The van der Waals surface area contributed by atoms with E-state index in [9.17, 15) is 13.2 Å². The van der Waals surface area contributed by atoms with Crippen LogP contribution < -0.4 is 0 Å². The summed E-state index contributed by atoms with van der Waals surface area (Å²) in [5, 5.41) is 8.38. The zero-order valence-corrected chi connectivity index (χ0v) is 12.9. The van der Waals surface area contributed by atoms with E-state index >= 15 is 0 Å². The maximum absolute atomic E-state index is 12.4. The molecule has 1 aliphatic rings. The lowest BCUT2D eigenvalue weighted by Crippen LogP contribution is -2.42. The van der Waals surface area contributed by atoms with Gasteiger partial charge in [-0.25, -0.2) is 13.2 Å². The summed E-state index contributed by atoms with van der Waals surface area (Å²) < 4.78 is 31.2. The highest BCUT2D eigenvalue weighted by molar-refractivity contribution is 7.89. The molecule has 6 nitrogen and oxygen atoms in total. The summed E-state index contributed by atoms with van der Waals surface area (Å²) in [6.07, 6.45) is 0.523. The van der Waals surface area contributed by atoms with Crippen LogP contribution in [0.2, 0.25) is 0 Å². The molecule has 1 aromatic rings. The average molecular weight is 313 g/mol. The number of aromatic carboxylic acids is 1. The predicted molar refractivity (Wildman–Crippen MR) is 77.8 cm³/mol. The molecule has 1 heterocycles. The summed E-state index contributed by atoms with van der Waals surface area (Å²) >= 11 is 0. The number of nitrogens with zero attached hydrogens (tertiary/aromatic N) is 1. The third-order valence-corrected chi connectivity index (χ3v) is 5.88. The van der Waals surface area contributed by atoms with Crippen molar-refractivity contribution in [2.24, 2.45) is 0 Å². The van der Waals surface area contributed by atoms with Crippen LogP contribution in [0.25, 0.3) is 0 Å². The van der Waals surface area contributed by atoms with Crippen LogP contribution in [0.1, 0.15) is 28.4 Å². The van der Waals surface area contributed by atoms with Crippen LogP contribution in [0, 0.1) is 0 Å². The molecule has 1 unspecified atom stereocenters. The molecule has 7 heteroatoms. The topological polar surface area (TPSA) is 83.9 Å². The van der Waals surface area contributed by atoms with E-state index in [2.05, 4.69) is 0 Å². The van der Waals surface area contributed by atoms with Crippen molar-refractivity contribution in [3.8, 4) is 0 Å². The average Bonchev–Trinajstić information content (AvgIpc) is 2.46. The number of methoxy groups -OCH3 is 1. The van der Waals surface area contributed by atoms with Gasteiger partial charge in [0.15, 0.2) is 0 Å². The van der Waals surface area contributed by atoms with E-state index in [0.29, 0.717) is 13.0 Å². The largest absolute Gasteiger partial charge is 0.478 e. The minimum atomic E-state index is -3.40. The number of carboxylic acid groups (broad SMARTS) is 1. The van der Waals surface area contributed by atoms with Gasteiger partial charge in [-0.05, 0) is 36.6 Å². The first-order valence-electron chi connectivity index (χ1n) is 6.69. The Hall–Kier alpha value is -1.44. The molecule has 0 saturated heterocycles. The van der Waals surface area contributed by atoms with Gasteiger partial charge >= 0.3 is 5.97 Å². The third-order valence-electron chi connectivity index (χ3n) is 3.70. The van der Waals surface area contributed by atoms with Crippen LogP contribution in [-0.2, 0) is 27.7 Å². The lowest BCUT2D eigenvalue weighted by atomic mass is 9.98. The van der Waals surface area contributed by atoms with E-state index in [1.807, 2.05) is 0 Å². The van der Waals surface area contributed by atoms with Crippen LogP contribution >= 0.6 is 0 Å². The Morgan fingerprint density at radius 2 is 2.14 bits per heavy atom. The molecule has 1 N–H and O–H groups in total. The number of sulfonamides is 1. The molecule has 21 heavy (non-hydrogen) atoms. The molecule has 0 fully saturated rings. The van der Waals surface area contributed by atoms with Crippen molar-refractivity contribution in [2.45, 2.75) is 25.1 Å². The quantitative estimate of drug-likeness (QED) is 0.880. The highest BCUT2D eigenvalue weighted by Crippen LogP contribution is 2.24. The number of ether oxygens (including phenoxy) is 1. The fourth-order valence-electron chi connectivity index (χ4n) is 2.45. The summed E-state index contributed by atoms with van der Waals surface area (Å²) in [7, 11) is -1.92. The van der Waals surface area contributed by atoms with Crippen LogP contribution in [0.4, 0.5) is 0 Å². The van der Waals surface area contributed by atoms with Crippen LogP contribution in [0.15, 0.2) is 18.2 Å². The SMILES string of the molecule is COCC(C)S(=O)(=O)N1CCc2cc(C(=O)O)ccc2C1. The first kappa shape index (κ1) is 15.9. The number of carboxylic acids is 1. The normalized spacial score (nSPS) is 17.2. The molecule has 1 aromatic carbocycles. The molecule has 116 valence electrons. The van der Waals surface area contributed by atoms with E-state index in [0.717, 1.165) is 11.1 Å². The number of hydrogen-bond acceptors (Lipinski definition) is 4. The number of fused-ring (bicyclic) bond motifs is 1. The van der Waals surface area contributed by atoms with E-state index in [4.69, 9.17) is 9.84 Å². The Morgan fingerprint density at radius 3 is 2.76 bits per heavy atom. The maximum Gasteiger partial charge on any atom is 0.335 e. The maximum atomic E-state index is 12.4. The molecule has 0 saturated carbocycles. The van der Waals surface area contributed by atoms with Crippen molar-refractivity contribution in [3.63, 3.8) is 0 Å². The minimum Gasteiger partial charge on any atom is -0.478 e. The lowest BCUT2D eigenvalue weighted by Gasteiger charge is -2.30. The highest BCUT2D eigenvalue weighted by Gasteiger charge is 2.31. The van der Waals surface area contributed by atoms with Gasteiger partial charge in [0.25, 0.3) is 0 Å². The Kier molecular flexibility index (Phi) is 4.65. The van der Waals surface area contributed by atoms with Crippen molar-refractivity contribution >= 4 is 16.0 Å². The molecule has 0 bridgehead atoms. The second-order valence-electron chi connectivity index (χ2n) is 5.18. The summed E-state index contributed by atoms with van der Waals surface area (Å²) in [6, 6.07) is 4.83. The number of carbonyl (C=O) groups is 1. The smallest absolute Gasteiger partial charge is 0.335 e. The van der Waals surface area contributed by atoms with Crippen LogP contribution in [0.5, 0.6) is 0 Å². The molecular formula is C14H19NO5S. The fourth-order valence-corrected chi connectivity index (χ4v) is 3.93. The van der Waals surface area contributed by atoms with Crippen molar-refractivity contribution in [1.29, 1.82) is 0 Å². The van der Waals surface area contributed by atoms with E-state index in [1.54, 1.807) is 19.1 Å². The van der Waals surface area contributed by atoms with Gasteiger partial charge in [-0.2, -0.15) is 4.31 Å². The first-order chi connectivity index (χ1) is 9.86. The van der Waals surface area contributed by atoms with Gasteiger partial charge in [-0.15, -0.1) is 0 Å². The molecule has 1 atom stereocenters. The summed E-state index contributed by atoms with van der Waals surface area (Å²) in [4.78, 5) is 11.0. The van der Waals surface area contributed by atoms with Crippen molar-refractivity contribution in [1.82, 2.24) is 4.31 Å². The van der Waals surface area contributed by atoms with Gasteiger partial charge in [-0.3, -0.25) is 0 Å². The molecule has 1 aliphatic heterocycles. The number of hydrogen-bond donors (Lipinski definition) is 1. The van der Waals surface area contributed by atoms with Gasteiger partial charge in [0, 0.05) is 20.2 Å². The Bertz CT molecular complexity index is 641. The summed E-state index contributed by atoms with van der Waals surface area (Å²) in [5.41, 5.74) is 2.00. The molecule has 0 amide bonds. The molecule has 0 spiro atoms. The summed E-state index contributed by atoms with van der Waals surface area (Å²) in [5.74, 6) is -0.971. The first-order valence-corrected chi connectivity index (χ1v) is 8.19. The van der Waals surface area contributed by atoms with Gasteiger partial charge in [0.05, 0.1) is 17.4 Å². The second-order valence-corrected chi connectivity index (χ2v) is 7.53. The predicted octanol–water partition coefficient (Wildman–Crippen LogP) is 1.11. The van der Waals surface area contributed by atoms with Gasteiger partial charge in [-0.1, -0.05) is 6.07 Å². The Labute approximate surface area is 124 Å². The monoisotopic (exact) mass is 313 g/mol. The van der Waals surface area contributed by atoms with E-state index in [1.165, 1.54) is 17.5 Å². The molecule has 0 aliphatic carbocycles. The van der Waals surface area contributed by atoms with E-state index in [-0.39, 0.29) is 18.7 Å². The zero-order valence-electron chi connectivity index (χ0n) is 12.1. The molecule has 2 rings (SSSR count). The second kappa shape index (κ2) is 6.13. The Balaban J connectivity index is 2.22. The number of rotatable bonds is 5. The van der Waals surface area contributed by atoms with Crippen molar-refractivity contribution < 1.29 is 23.1 Å². The number of benzene rings is 1. The van der Waals surface area contributed by atoms with Crippen molar-refractivity contribution in [2.75, 3.05) is 20.3 Å². The van der Waals surface area contributed by atoms with Crippen LogP contribution in [-0.4, -0.2) is 49.3 Å². The molecule has 0 aromatic heterocycles. The zero-order chi connectivity index (χ0) is 15.6. The Morgan fingerprint density at radius 1 is 1.43 bits per heavy atom. The summed E-state index contributed by atoms with van der Waals surface area (Å²) in [6.45, 7) is 2.43. The fraction of sp³-hybridized carbons (Fsp3) is 0.500. The minimum absolute atomic E-state index is 0.156. The van der Waals surface area contributed by atoms with Crippen molar-refractivity contribution in [3.05, 3.63) is 34.9 Å². The molecule has 0 radical (unpaired) electrons. The van der Waals surface area contributed by atoms with Gasteiger partial charge in [0.1, 0.15) is 0 Å².